The summed E-state index contributed by atoms with van der Waals surface area (Å²) in [4.78, 5) is 67.9. The van der Waals surface area contributed by atoms with Crippen molar-refractivity contribution in [2.45, 2.75) is 69.5 Å². The number of nitrogens with one attached hydrogen (secondary N) is 3. The van der Waals surface area contributed by atoms with Crippen molar-refractivity contribution in [1.82, 2.24) is 35.1 Å². The van der Waals surface area contributed by atoms with Crippen LogP contribution in [0.5, 0.6) is 0 Å². The molecule has 16 heteroatoms. The van der Waals surface area contributed by atoms with Crippen molar-refractivity contribution in [2.24, 2.45) is 5.73 Å². The normalized spacial score (nSPS) is 20.8. The third-order valence-electron chi connectivity index (χ3n) is 9.41. The Labute approximate surface area is 299 Å². The summed E-state index contributed by atoms with van der Waals surface area (Å²) in [6.45, 7) is 4.67. The van der Waals surface area contributed by atoms with Gasteiger partial charge in [0.25, 0.3) is 5.91 Å². The highest BCUT2D eigenvalue weighted by Crippen LogP contribution is 2.36. The summed E-state index contributed by atoms with van der Waals surface area (Å²) in [5.74, 6) is 0.210. The predicted molar refractivity (Wildman–Crippen MR) is 187 cm³/mol. The van der Waals surface area contributed by atoms with Gasteiger partial charge in [0.15, 0.2) is 5.60 Å². The molecule has 2 fully saturated rings. The van der Waals surface area contributed by atoms with Crippen LogP contribution in [0.3, 0.4) is 0 Å². The van der Waals surface area contributed by atoms with Crippen LogP contribution in [0.4, 0.5) is 9.59 Å². The average Bonchev–Trinajstić information content (AvgIpc) is 3.93. The van der Waals surface area contributed by atoms with Crippen LogP contribution < -0.4 is 11.1 Å². The van der Waals surface area contributed by atoms with Crippen molar-refractivity contribution in [2.75, 3.05) is 20.2 Å². The van der Waals surface area contributed by atoms with Crippen molar-refractivity contribution in [1.29, 1.82) is 0 Å². The maximum absolute atomic E-state index is 13.2. The number of alkyl carbamates (subject to hydrolysis) is 1. The average molecular weight is 715 g/mol. The van der Waals surface area contributed by atoms with Gasteiger partial charge in [0.1, 0.15) is 17.7 Å². The molecule has 5 atom stereocenters. The van der Waals surface area contributed by atoms with Gasteiger partial charge in [-0.3, -0.25) is 9.59 Å². The van der Waals surface area contributed by atoms with Gasteiger partial charge in [-0.2, -0.15) is 0 Å². The number of rotatable bonds is 9. The number of hydrogen-bond acceptors (Lipinski definition) is 10. The lowest BCUT2D eigenvalue weighted by molar-refractivity contribution is -0.149. The Hall–Kier alpha value is -5.74. The fourth-order valence-corrected chi connectivity index (χ4v) is 6.79. The molecule has 2 aliphatic rings. The smallest absolute Gasteiger partial charge is 0.407 e. The van der Waals surface area contributed by atoms with Crippen LogP contribution in [0.25, 0.3) is 33.6 Å². The van der Waals surface area contributed by atoms with Crippen LogP contribution in [0.15, 0.2) is 60.9 Å². The van der Waals surface area contributed by atoms with Gasteiger partial charge in [-0.1, -0.05) is 48.5 Å². The van der Waals surface area contributed by atoms with Crippen LogP contribution in [0, 0.1) is 0 Å². The van der Waals surface area contributed by atoms with Crippen molar-refractivity contribution < 1.29 is 38.9 Å². The molecule has 2 saturated heterocycles. The molecular formula is C36H42N8O8. The maximum atomic E-state index is 13.2. The summed E-state index contributed by atoms with van der Waals surface area (Å²) < 4.78 is 9.63. The van der Waals surface area contributed by atoms with E-state index in [1.807, 2.05) is 48.5 Å². The third-order valence-corrected chi connectivity index (χ3v) is 9.41. The lowest BCUT2D eigenvalue weighted by atomic mass is 10.0. The zero-order valence-electron chi connectivity index (χ0n) is 29.2. The Morgan fingerprint density at radius 2 is 1.27 bits per heavy atom. The fourth-order valence-electron chi connectivity index (χ4n) is 6.79. The topological polar surface area (TPSA) is 229 Å². The van der Waals surface area contributed by atoms with E-state index < -0.39 is 54.0 Å². The minimum absolute atomic E-state index is 0.0708. The second-order valence-electron chi connectivity index (χ2n) is 13.6. The number of β-amino-alcohol motifs (C(OH)–C–C–N with tert-alkyl or cyclic N) is 2. The number of primary amides is 1. The lowest BCUT2D eigenvalue weighted by Crippen LogP contribution is -2.48. The molecular weight excluding hydrogens is 672 g/mol. The number of benzene rings is 2. The number of H-pyrrole nitrogens is 2. The second kappa shape index (κ2) is 14.5. The van der Waals surface area contributed by atoms with E-state index in [9.17, 15) is 29.4 Å². The number of ether oxygens (including phenoxy) is 2. The van der Waals surface area contributed by atoms with Crippen molar-refractivity contribution in [3.8, 4) is 33.6 Å². The number of imidazole rings is 2. The Balaban J connectivity index is 1.12. The van der Waals surface area contributed by atoms with E-state index in [1.54, 1.807) is 19.3 Å². The van der Waals surface area contributed by atoms with E-state index in [0.29, 0.717) is 18.1 Å². The highest BCUT2D eigenvalue weighted by atomic mass is 16.6. The maximum Gasteiger partial charge on any atom is 0.407 e. The van der Waals surface area contributed by atoms with Crippen LogP contribution in [0.2, 0.25) is 0 Å². The molecule has 6 rings (SSSR count). The predicted octanol–water partition coefficient (Wildman–Crippen LogP) is 3.02. The van der Waals surface area contributed by atoms with E-state index >= 15 is 0 Å². The molecule has 274 valence electrons. The second-order valence-corrected chi connectivity index (χ2v) is 13.6. The van der Waals surface area contributed by atoms with Gasteiger partial charge in [-0.05, 0) is 43.0 Å². The minimum atomic E-state index is -1.51. The molecule has 7 N–H and O–H groups in total. The Kier molecular flexibility index (Phi) is 10.0. The number of methoxy groups -OCH3 is 1. The van der Waals surface area contributed by atoms with Gasteiger partial charge in [-0.25, -0.2) is 19.6 Å². The molecule has 2 unspecified atom stereocenters. The summed E-state index contributed by atoms with van der Waals surface area (Å²) in [5.41, 5.74) is 8.86. The number of aliphatic hydroxyl groups is 2. The van der Waals surface area contributed by atoms with Crippen molar-refractivity contribution in [3.05, 3.63) is 72.6 Å². The number of aliphatic hydroxyl groups excluding tert-OH is 2. The summed E-state index contributed by atoms with van der Waals surface area (Å²) in [6.07, 6.45) is 0.699. The molecule has 2 aliphatic heterocycles. The summed E-state index contributed by atoms with van der Waals surface area (Å²) in [5, 5.41) is 23.2. The highest BCUT2D eigenvalue weighted by molar-refractivity contribution is 5.87. The number of carbonyl (C=O) groups is 4. The van der Waals surface area contributed by atoms with Crippen LogP contribution >= 0.6 is 0 Å². The summed E-state index contributed by atoms with van der Waals surface area (Å²) in [6, 6.07) is 14.0. The van der Waals surface area contributed by atoms with Gasteiger partial charge in [0, 0.05) is 25.9 Å². The van der Waals surface area contributed by atoms with E-state index in [-0.39, 0.29) is 25.4 Å². The molecule has 4 aromatic rings. The highest BCUT2D eigenvalue weighted by Gasteiger charge is 2.44. The number of carbonyl (C=O) groups excluding carboxylic acids is 4. The number of amides is 4. The number of likely N-dealkylation sites (tertiary alicyclic amines) is 2. The largest absolute Gasteiger partial charge is 0.453 e. The summed E-state index contributed by atoms with van der Waals surface area (Å²) in [7, 11) is 1.22. The lowest BCUT2D eigenvalue weighted by Gasteiger charge is -2.31. The fraction of sp³-hybridized carbons (Fsp3) is 0.389. The van der Waals surface area contributed by atoms with Crippen molar-refractivity contribution >= 4 is 24.0 Å². The first kappa shape index (κ1) is 36.1. The van der Waals surface area contributed by atoms with Gasteiger partial charge in [0.2, 0.25) is 5.91 Å². The molecule has 0 spiro atoms. The molecule has 4 heterocycles. The number of nitrogens with zero attached hydrogens (tertiary/aromatic N) is 4. The molecule has 4 amide bonds. The molecule has 0 aliphatic carbocycles. The van der Waals surface area contributed by atoms with E-state index in [0.717, 1.165) is 33.6 Å². The van der Waals surface area contributed by atoms with E-state index in [4.69, 9.17) is 10.5 Å². The monoisotopic (exact) mass is 714 g/mol. The first-order valence-electron chi connectivity index (χ1n) is 16.9. The van der Waals surface area contributed by atoms with Crippen LogP contribution in [-0.2, 0) is 19.1 Å². The molecule has 0 saturated carbocycles. The Bertz CT molecular complexity index is 1940. The molecule has 0 bridgehead atoms. The third kappa shape index (κ3) is 7.48. The van der Waals surface area contributed by atoms with Gasteiger partial charge in [-0.15, -0.1) is 0 Å². The summed E-state index contributed by atoms with van der Waals surface area (Å²) >= 11 is 0. The zero-order valence-corrected chi connectivity index (χ0v) is 29.2. The molecule has 52 heavy (non-hydrogen) atoms. The minimum Gasteiger partial charge on any atom is -0.453 e. The molecule has 0 radical (unpaired) electrons. The molecule has 2 aromatic heterocycles. The Morgan fingerprint density at radius 1 is 0.827 bits per heavy atom. The number of aromatic nitrogens is 4. The molecule has 16 nitrogen and oxygen atoms in total. The Morgan fingerprint density at radius 3 is 1.73 bits per heavy atom. The van der Waals surface area contributed by atoms with Gasteiger partial charge in [0.05, 0.1) is 55.2 Å². The number of nitrogens with two attached hydrogens (primary N) is 1. The SMILES string of the molecule is COC(=O)N[C@@H](C)C(=O)N1CC(O)CC1c1ncc(-c2ccc(-c3ccc(-c4cnc([C@@H]5C[C@@H](O)CN5C(=O)C(C)(C)OC(N)=O)[nH]4)cc3)cc2)[nH]1. The standard InChI is InChI=1S/C36H42N8O8/c1-19(40-35(50)51-4)32(47)43-17-24(45)13-28(43)30-38-15-26(41-30)22-9-5-20(6-10-22)21-7-11-23(12-8-21)27-16-39-31(42-27)29-14-25(46)18-44(29)33(48)36(2,3)52-34(37)49/h5-12,15-16,19,24-25,28-29,45-46H,13-14,17-18H2,1-4H3,(H2,37,49)(H,38,41)(H,39,42)(H,40,50)/t19-,24?,25+,28?,29-/m0/s1. The quantitative estimate of drug-likeness (QED) is 0.148. The van der Waals surface area contributed by atoms with E-state index in [1.165, 1.54) is 30.8 Å². The first-order chi connectivity index (χ1) is 24.7. The number of aromatic amines is 2. The molecule has 2 aromatic carbocycles. The van der Waals surface area contributed by atoms with Crippen molar-refractivity contribution in [3.63, 3.8) is 0 Å². The van der Waals surface area contributed by atoms with E-state index in [2.05, 4.69) is 30.0 Å². The first-order valence-corrected chi connectivity index (χ1v) is 16.9. The van der Waals surface area contributed by atoms with Gasteiger partial charge < -0.3 is 50.5 Å². The van der Waals surface area contributed by atoms with Crippen LogP contribution in [0.1, 0.15) is 57.3 Å². The van der Waals surface area contributed by atoms with Crippen LogP contribution in [-0.4, -0.2) is 108 Å². The number of hydrogen-bond donors (Lipinski definition) is 6. The van der Waals surface area contributed by atoms with Gasteiger partial charge >= 0.3 is 12.2 Å². The zero-order chi connectivity index (χ0) is 37.3.